The maximum atomic E-state index is 13.2. The second-order valence-corrected chi connectivity index (χ2v) is 10.4. The summed E-state index contributed by atoms with van der Waals surface area (Å²) in [6.45, 7) is 6.47. The van der Waals surface area contributed by atoms with Crippen LogP contribution in [0.3, 0.4) is 0 Å². The second kappa shape index (κ2) is 10.4. The molecule has 2 aromatic heterocycles. The lowest BCUT2D eigenvalue weighted by Gasteiger charge is -2.07. The Balaban J connectivity index is 1.22. The molecule has 0 bridgehead atoms. The zero-order valence-corrected chi connectivity index (χ0v) is 22.9. The van der Waals surface area contributed by atoms with Gasteiger partial charge in [0, 0.05) is 33.9 Å². The lowest BCUT2D eigenvalue weighted by Crippen LogP contribution is -2.37. The van der Waals surface area contributed by atoms with E-state index in [1.165, 1.54) is 38.4 Å². The number of aromatic nitrogens is 3. The van der Waals surface area contributed by atoms with Crippen molar-refractivity contribution >= 4 is 38.6 Å². The Morgan fingerprint density at radius 3 is 2.05 bits per heavy atom. The molecule has 0 radical (unpaired) electrons. The molecule has 6 aromatic rings. The first-order valence-electron chi connectivity index (χ1n) is 13.7. The van der Waals surface area contributed by atoms with E-state index < -0.39 is 0 Å². The average molecular weight is 517 g/mol. The molecule has 0 amide bonds. The Bertz CT molecular complexity index is 1760. The van der Waals surface area contributed by atoms with Gasteiger partial charge in [0.15, 0.2) is 17.6 Å². The van der Waals surface area contributed by atoms with E-state index in [9.17, 15) is 4.79 Å². The van der Waals surface area contributed by atoms with Gasteiger partial charge in [0.1, 0.15) is 5.75 Å². The van der Waals surface area contributed by atoms with Gasteiger partial charge in [0.25, 0.3) is 0 Å². The minimum absolute atomic E-state index is 0.0892. The molecule has 0 aliphatic rings. The molecule has 0 unspecified atom stereocenters. The lowest BCUT2D eigenvalue weighted by atomic mass is 10.1. The van der Waals surface area contributed by atoms with Crippen LogP contribution < -0.4 is 9.30 Å². The SMILES string of the molecule is COc1ccc(C(=O)C[n+]2cn(CCCCn3c4ccccc4c4ccccc43)c3cc(C)c(C)cc32)cc1. The molecule has 0 N–H and O–H groups in total. The van der Waals surface area contributed by atoms with Gasteiger partial charge in [-0.1, -0.05) is 36.4 Å². The fraction of sp³-hybridized carbons (Fsp3) is 0.235. The quantitative estimate of drug-likeness (QED) is 0.118. The summed E-state index contributed by atoms with van der Waals surface area (Å²) in [5.41, 5.74) is 8.06. The van der Waals surface area contributed by atoms with Crippen molar-refractivity contribution in [3.63, 3.8) is 0 Å². The number of hydrogen-bond donors (Lipinski definition) is 0. The van der Waals surface area contributed by atoms with Gasteiger partial charge in [-0.3, -0.25) is 4.79 Å². The van der Waals surface area contributed by atoms with Crippen molar-refractivity contribution in [2.75, 3.05) is 7.11 Å². The molecule has 6 rings (SSSR count). The van der Waals surface area contributed by atoms with Crippen LogP contribution >= 0.6 is 0 Å². The van der Waals surface area contributed by atoms with Gasteiger partial charge >= 0.3 is 0 Å². The summed E-state index contributed by atoms with van der Waals surface area (Å²) in [6.07, 6.45) is 4.23. The third-order valence-corrected chi connectivity index (χ3v) is 7.93. The van der Waals surface area contributed by atoms with E-state index >= 15 is 0 Å². The largest absolute Gasteiger partial charge is 0.497 e. The highest BCUT2D eigenvalue weighted by Gasteiger charge is 2.20. The van der Waals surface area contributed by atoms with Crippen molar-refractivity contribution in [2.24, 2.45) is 0 Å². The summed E-state index contributed by atoms with van der Waals surface area (Å²) < 4.78 is 12.1. The number of hydrogen-bond acceptors (Lipinski definition) is 2. The summed E-state index contributed by atoms with van der Waals surface area (Å²) >= 11 is 0. The molecule has 196 valence electrons. The number of methoxy groups -OCH3 is 1. The van der Waals surface area contributed by atoms with Crippen LogP contribution in [-0.4, -0.2) is 22.0 Å². The van der Waals surface area contributed by atoms with Crippen molar-refractivity contribution in [2.45, 2.75) is 46.3 Å². The van der Waals surface area contributed by atoms with Gasteiger partial charge in [-0.2, -0.15) is 0 Å². The van der Waals surface area contributed by atoms with Crippen LogP contribution in [0.1, 0.15) is 34.3 Å². The van der Waals surface area contributed by atoms with Gasteiger partial charge in [-0.15, -0.1) is 0 Å². The van der Waals surface area contributed by atoms with Gasteiger partial charge in [-0.25, -0.2) is 9.13 Å². The normalized spacial score (nSPS) is 11.6. The minimum Gasteiger partial charge on any atom is -0.497 e. The smallest absolute Gasteiger partial charge is 0.245 e. The third kappa shape index (κ3) is 4.69. The lowest BCUT2D eigenvalue weighted by molar-refractivity contribution is -0.658. The first kappa shape index (κ1) is 24.9. The van der Waals surface area contributed by atoms with Crippen LogP contribution in [0.4, 0.5) is 0 Å². The van der Waals surface area contributed by atoms with Crippen molar-refractivity contribution in [1.82, 2.24) is 9.13 Å². The van der Waals surface area contributed by atoms with E-state index in [4.69, 9.17) is 4.74 Å². The number of nitrogens with zero attached hydrogens (tertiary/aromatic N) is 3. The molecule has 0 saturated carbocycles. The maximum absolute atomic E-state index is 13.2. The number of aryl methyl sites for hydroxylation is 4. The number of imidazole rings is 1. The standard InChI is InChI=1S/C34H34N3O2/c1-24-20-32-33(21-25(24)2)36(22-34(38)26-14-16-27(39-3)17-15-26)23-35(32)18-8-9-19-37-30-12-6-4-10-28(30)29-11-5-7-13-31(29)37/h4-7,10-17,20-21,23H,8-9,18-19,22H2,1-3H3/q+1. The molecule has 4 aromatic carbocycles. The van der Waals surface area contributed by atoms with Crippen LogP contribution in [0.25, 0.3) is 32.8 Å². The summed E-state index contributed by atoms with van der Waals surface area (Å²) in [6, 6.07) is 29.2. The number of fused-ring (bicyclic) bond motifs is 4. The Labute approximate surface area is 228 Å². The van der Waals surface area contributed by atoms with E-state index in [0.717, 1.165) is 37.2 Å². The second-order valence-electron chi connectivity index (χ2n) is 10.4. The molecular formula is C34H34N3O2+. The van der Waals surface area contributed by atoms with Crippen LogP contribution in [0.2, 0.25) is 0 Å². The third-order valence-electron chi connectivity index (χ3n) is 7.93. The average Bonchev–Trinajstić information content (AvgIpc) is 3.46. The zero-order valence-electron chi connectivity index (χ0n) is 22.9. The van der Waals surface area contributed by atoms with Crippen molar-refractivity contribution in [3.05, 3.63) is 108 Å². The summed E-state index contributed by atoms with van der Waals surface area (Å²) in [5.74, 6) is 0.842. The predicted octanol–water partition coefficient (Wildman–Crippen LogP) is 7.03. The van der Waals surface area contributed by atoms with Crippen LogP contribution in [0.15, 0.2) is 91.3 Å². The first-order chi connectivity index (χ1) is 19.0. The molecule has 5 heteroatoms. The van der Waals surface area contributed by atoms with E-state index in [2.05, 4.69) is 94.5 Å². The summed E-state index contributed by atoms with van der Waals surface area (Å²) in [4.78, 5) is 13.2. The summed E-state index contributed by atoms with van der Waals surface area (Å²) in [7, 11) is 1.63. The van der Waals surface area contributed by atoms with Crippen LogP contribution in [0.5, 0.6) is 5.75 Å². The molecule has 5 nitrogen and oxygen atoms in total. The Morgan fingerprint density at radius 1 is 0.769 bits per heavy atom. The molecule has 0 saturated heterocycles. The molecular weight excluding hydrogens is 482 g/mol. The molecule has 39 heavy (non-hydrogen) atoms. The Hall–Kier alpha value is -4.38. The minimum atomic E-state index is 0.0892. The Kier molecular flexibility index (Phi) is 6.65. The highest BCUT2D eigenvalue weighted by molar-refractivity contribution is 6.07. The van der Waals surface area contributed by atoms with E-state index in [1.54, 1.807) is 7.11 Å². The first-order valence-corrected chi connectivity index (χ1v) is 13.7. The number of benzene rings is 4. The van der Waals surface area contributed by atoms with Gasteiger partial charge in [-0.05, 0) is 86.3 Å². The monoisotopic (exact) mass is 516 g/mol. The predicted molar refractivity (Wildman–Crippen MR) is 158 cm³/mol. The van der Waals surface area contributed by atoms with Gasteiger partial charge in [0.2, 0.25) is 12.1 Å². The highest BCUT2D eigenvalue weighted by Crippen LogP contribution is 2.29. The fourth-order valence-electron chi connectivity index (χ4n) is 5.66. The number of ketones is 1. The van der Waals surface area contributed by atoms with Crippen LogP contribution in [0, 0.1) is 13.8 Å². The number of para-hydroxylation sites is 2. The molecule has 0 aliphatic heterocycles. The zero-order chi connectivity index (χ0) is 26.9. The number of unbranched alkanes of at least 4 members (excludes halogenated alkanes) is 1. The fourth-order valence-corrected chi connectivity index (χ4v) is 5.66. The van der Waals surface area contributed by atoms with E-state index in [0.29, 0.717) is 12.1 Å². The Morgan fingerprint density at radius 2 is 1.38 bits per heavy atom. The number of carbonyl (C=O) groups is 1. The number of carbonyl (C=O) groups excluding carboxylic acids is 1. The molecule has 0 aliphatic carbocycles. The van der Waals surface area contributed by atoms with Crippen molar-refractivity contribution in [3.8, 4) is 5.75 Å². The molecule has 2 heterocycles. The molecule has 0 atom stereocenters. The number of rotatable bonds is 9. The summed E-state index contributed by atoms with van der Waals surface area (Å²) in [5, 5.41) is 2.64. The van der Waals surface area contributed by atoms with Gasteiger partial charge < -0.3 is 9.30 Å². The topological polar surface area (TPSA) is 40.0 Å². The van der Waals surface area contributed by atoms with E-state index in [1.807, 2.05) is 24.3 Å². The van der Waals surface area contributed by atoms with Crippen molar-refractivity contribution < 1.29 is 14.1 Å². The maximum Gasteiger partial charge on any atom is 0.245 e. The van der Waals surface area contributed by atoms with Gasteiger partial charge in [0.05, 0.1) is 13.7 Å². The van der Waals surface area contributed by atoms with Crippen LogP contribution in [-0.2, 0) is 19.6 Å². The highest BCUT2D eigenvalue weighted by atomic mass is 16.5. The van der Waals surface area contributed by atoms with E-state index in [-0.39, 0.29) is 5.78 Å². The number of ether oxygens (including phenoxy) is 1. The molecule has 0 fully saturated rings. The molecule has 0 spiro atoms. The number of Topliss-reactive ketones (excluding diaryl/α,β-unsaturated/α-hetero) is 1. The van der Waals surface area contributed by atoms with Crippen molar-refractivity contribution in [1.29, 1.82) is 0 Å².